The fourth-order valence-electron chi connectivity index (χ4n) is 6.83. The standard InChI is InChI=1S/C23H25NOS2/c25-22-20(18-7-5-13-27-18)19(17-6-4-12-26-17)21-15-8-9-16(14-15)23(21,22)24-10-2-1-3-11-24/h4-7,12-13,15-16,21H,1-3,8-11,14H2/t15?,16?,21?,23-/m0/s1. The van der Waals surface area contributed by atoms with Crippen LogP contribution in [-0.4, -0.2) is 29.3 Å². The number of carbonyl (C=O) groups is 1. The highest BCUT2D eigenvalue weighted by atomic mass is 32.1. The lowest BCUT2D eigenvalue weighted by Crippen LogP contribution is -2.61. The molecular formula is C23H25NOS2. The Balaban J connectivity index is 1.59. The fourth-order valence-corrected chi connectivity index (χ4v) is 8.43. The van der Waals surface area contributed by atoms with Gasteiger partial charge < -0.3 is 0 Å². The van der Waals surface area contributed by atoms with Crippen LogP contribution in [0.1, 0.15) is 48.3 Å². The molecule has 27 heavy (non-hydrogen) atoms. The van der Waals surface area contributed by atoms with Gasteiger partial charge >= 0.3 is 0 Å². The lowest BCUT2D eigenvalue weighted by Gasteiger charge is -2.49. The predicted octanol–water partition coefficient (Wildman–Crippen LogP) is 5.57. The van der Waals surface area contributed by atoms with Crippen LogP contribution in [0.3, 0.4) is 0 Å². The molecule has 3 unspecified atom stereocenters. The molecule has 3 fully saturated rings. The Hall–Kier alpha value is -1.23. The summed E-state index contributed by atoms with van der Waals surface area (Å²) >= 11 is 3.56. The maximum absolute atomic E-state index is 14.3. The molecule has 2 aromatic heterocycles. The monoisotopic (exact) mass is 395 g/mol. The number of thiophene rings is 2. The Morgan fingerprint density at radius 1 is 0.963 bits per heavy atom. The number of nitrogens with zero attached hydrogens (tertiary/aromatic N) is 1. The van der Waals surface area contributed by atoms with E-state index < -0.39 is 0 Å². The highest BCUT2D eigenvalue weighted by molar-refractivity contribution is 7.12. The van der Waals surface area contributed by atoms with E-state index in [2.05, 4.69) is 39.9 Å². The maximum Gasteiger partial charge on any atom is 0.185 e. The van der Waals surface area contributed by atoms with Crippen molar-refractivity contribution in [2.24, 2.45) is 17.8 Å². The molecule has 2 saturated carbocycles. The molecule has 2 nitrogen and oxygen atoms in total. The van der Waals surface area contributed by atoms with Crippen molar-refractivity contribution in [3.8, 4) is 0 Å². The molecule has 3 aliphatic carbocycles. The van der Waals surface area contributed by atoms with Crippen molar-refractivity contribution in [2.75, 3.05) is 13.1 Å². The van der Waals surface area contributed by atoms with E-state index in [9.17, 15) is 4.79 Å². The third-order valence-corrected chi connectivity index (χ3v) is 9.44. The van der Waals surface area contributed by atoms with Gasteiger partial charge in [0, 0.05) is 21.2 Å². The number of Topliss-reactive ketones (excluding diaryl/α,β-unsaturated/α-hetero) is 1. The number of piperidine rings is 1. The fraction of sp³-hybridized carbons (Fsp3) is 0.522. The van der Waals surface area contributed by atoms with Gasteiger partial charge in [0.1, 0.15) is 0 Å². The van der Waals surface area contributed by atoms with Crippen molar-refractivity contribution < 1.29 is 4.79 Å². The van der Waals surface area contributed by atoms with Gasteiger partial charge in [-0.3, -0.25) is 9.69 Å². The molecule has 0 aromatic carbocycles. The van der Waals surface area contributed by atoms with E-state index in [1.165, 1.54) is 53.9 Å². The van der Waals surface area contributed by atoms with Crippen molar-refractivity contribution in [3.63, 3.8) is 0 Å². The quantitative estimate of drug-likeness (QED) is 0.677. The average Bonchev–Trinajstić information content (AvgIpc) is 3.49. The predicted molar refractivity (Wildman–Crippen MR) is 113 cm³/mol. The van der Waals surface area contributed by atoms with E-state index in [1.54, 1.807) is 11.3 Å². The third-order valence-electron chi connectivity index (χ3n) is 7.65. The first-order valence-corrected chi connectivity index (χ1v) is 12.2. The van der Waals surface area contributed by atoms with E-state index in [4.69, 9.17) is 0 Å². The first kappa shape index (κ1) is 16.7. The van der Waals surface area contributed by atoms with Gasteiger partial charge in [0.2, 0.25) is 0 Å². The molecule has 4 heteroatoms. The highest BCUT2D eigenvalue weighted by Gasteiger charge is 2.69. The van der Waals surface area contributed by atoms with Gasteiger partial charge in [0.05, 0.1) is 5.54 Å². The number of ketones is 1. The SMILES string of the molecule is O=C1C(c2cccs2)=C(c2cccs2)C2C3CCC(C3)[C@@]12N1CCCCC1. The number of fused-ring (bicyclic) bond motifs is 5. The Bertz CT molecular complexity index is 891. The molecule has 6 rings (SSSR count). The molecule has 2 bridgehead atoms. The largest absolute Gasteiger partial charge is 0.292 e. The second-order valence-electron chi connectivity index (χ2n) is 8.69. The molecule has 1 saturated heterocycles. The van der Waals surface area contributed by atoms with Gasteiger partial charge in [0.25, 0.3) is 0 Å². The van der Waals surface area contributed by atoms with Crippen LogP contribution >= 0.6 is 22.7 Å². The minimum atomic E-state index is -0.234. The van der Waals surface area contributed by atoms with Gasteiger partial charge in [0.15, 0.2) is 5.78 Å². The van der Waals surface area contributed by atoms with Gasteiger partial charge in [-0.15, -0.1) is 22.7 Å². The van der Waals surface area contributed by atoms with Crippen LogP contribution in [0.5, 0.6) is 0 Å². The Labute approximate surface area is 168 Å². The first-order chi connectivity index (χ1) is 13.3. The van der Waals surface area contributed by atoms with E-state index in [1.807, 2.05) is 11.3 Å². The average molecular weight is 396 g/mol. The van der Waals surface area contributed by atoms with Crippen LogP contribution in [-0.2, 0) is 4.79 Å². The van der Waals surface area contributed by atoms with Crippen molar-refractivity contribution in [2.45, 2.75) is 44.1 Å². The van der Waals surface area contributed by atoms with Crippen molar-refractivity contribution >= 4 is 39.6 Å². The molecule has 140 valence electrons. The number of hydrogen-bond donors (Lipinski definition) is 0. The highest BCUT2D eigenvalue weighted by Crippen LogP contribution is 2.67. The normalized spacial score (nSPS) is 36.0. The van der Waals surface area contributed by atoms with Crippen molar-refractivity contribution in [3.05, 3.63) is 44.8 Å². The summed E-state index contributed by atoms with van der Waals surface area (Å²) in [5.74, 6) is 2.13. The smallest absolute Gasteiger partial charge is 0.185 e. The molecule has 0 amide bonds. The molecular weight excluding hydrogens is 370 g/mol. The number of hydrogen-bond acceptors (Lipinski definition) is 4. The zero-order chi connectivity index (χ0) is 18.0. The van der Waals surface area contributed by atoms with Gasteiger partial charge in [-0.05, 0) is 85.5 Å². The van der Waals surface area contributed by atoms with E-state index in [-0.39, 0.29) is 5.54 Å². The van der Waals surface area contributed by atoms with Crippen LogP contribution in [0.25, 0.3) is 11.1 Å². The Morgan fingerprint density at radius 3 is 2.41 bits per heavy atom. The third kappa shape index (κ3) is 2.12. The molecule has 1 aliphatic heterocycles. The molecule has 4 aliphatic rings. The number of carbonyl (C=O) groups excluding carboxylic acids is 1. The van der Waals surface area contributed by atoms with Gasteiger partial charge in [-0.1, -0.05) is 18.6 Å². The summed E-state index contributed by atoms with van der Waals surface area (Å²) < 4.78 is 0. The second kappa shape index (κ2) is 6.13. The zero-order valence-corrected chi connectivity index (χ0v) is 17.2. The van der Waals surface area contributed by atoms with Crippen LogP contribution in [0, 0.1) is 17.8 Å². The second-order valence-corrected chi connectivity index (χ2v) is 10.6. The Kier molecular flexibility index (Phi) is 3.79. The van der Waals surface area contributed by atoms with Crippen LogP contribution in [0.15, 0.2) is 35.0 Å². The van der Waals surface area contributed by atoms with Crippen LogP contribution in [0.2, 0.25) is 0 Å². The first-order valence-electron chi connectivity index (χ1n) is 10.4. The maximum atomic E-state index is 14.3. The summed E-state index contributed by atoms with van der Waals surface area (Å²) in [6.07, 6.45) is 7.65. The molecule has 0 N–H and O–H groups in total. The summed E-state index contributed by atoms with van der Waals surface area (Å²) in [7, 11) is 0. The summed E-state index contributed by atoms with van der Waals surface area (Å²) in [5.41, 5.74) is 2.23. The summed E-state index contributed by atoms with van der Waals surface area (Å²) in [6.45, 7) is 2.22. The van der Waals surface area contributed by atoms with Gasteiger partial charge in [-0.2, -0.15) is 0 Å². The van der Waals surface area contributed by atoms with E-state index in [0.717, 1.165) is 18.7 Å². The van der Waals surface area contributed by atoms with Crippen LogP contribution < -0.4 is 0 Å². The molecule has 0 spiro atoms. The zero-order valence-electron chi connectivity index (χ0n) is 15.5. The molecule has 4 atom stereocenters. The summed E-state index contributed by atoms with van der Waals surface area (Å²) in [5, 5.41) is 4.30. The summed E-state index contributed by atoms with van der Waals surface area (Å²) in [6, 6.07) is 8.66. The number of likely N-dealkylation sites (tertiary alicyclic amines) is 1. The lowest BCUT2D eigenvalue weighted by atomic mass is 9.70. The van der Waals surface area contributed by atoms with E-state index >= 15 is 0 Å². The molecule has 0 radical (unpaired) electrons. The molecule has 2 aromatic rings. The topological polar surface area (TPSA) is 20.3 Å². The minimum Gasteiger partial charge on any atom is -0.292 e. The van der Waals surface area contributed by atoms with E-state index in [0.29, 0.717) is 23.5 Å². The van der Waals surface area contributed by atoms with Crippen LogP contribution in [0.4, 0.5) is 0 Å². The van der Waals surface area contributed by atoms with Gasteiger partial charge in [-0.25, -0.2) is 0 Å². The van der Waals surface area contributed by atoms with Crippen molar-refractivity contribution in [1.29, 1.82) is 0 Å². The lowest BCUT2D eigenvalue weighted by molar-refractivity contribution is -0.131. The molecule has 3 heterocycles. The van der Waals surface area contributed by atoms with Crippen molar-refractivity contribution in [1.82, 2.24) is 4.90 Å². The number of rotatable bonds is 3. The Morgan fingerprint density at radius 2 is 1.70 bits per heavy atom. The summed E-state index contributed by atoms with van der Waals surface area (Å²) in [4.78, 5) is 19.5. The minimum absolute atomic E-state index is 0.234.